The summed E-state index contributed by atoms with van der Waals surface area (Å²) in [6.07, 6.45) is 0.400. The van der Waals surface area contributed by atoms with Crippen LogP contribution in [0.1, 0.15) is 36.1 Å². The molecule has 0 bridgehead atoms. The van der Waals surface area contributed by atoms with Crippen LogP contribution in [0, 0.1) is 6.92 Å². The smallest absolute Gasteiger partial charge is 0.279 e. The molecule has 0 amide bonds. The maximum absolute atomic E-state index is 13.5. The maximum Gasteiger partial charge on any atom is 0.279 e. The van der Waals surface area contributed by atoms with Crippen LogP contribution in [0.4, 0.5) is 5.69 Å². The van der Waals surface area contributed by atoms with E-state index in [9.17, 15) is 16.8 Å². The normalized spacial score (nSPS) is 16.5. The van der Waals surface area contributed by atoms with Gasteiger partial charge in [0.25, 0.3) is 10.0 Å². The second-order valence-electron chi connectivity index (χ2n) is 7.80. The van der Waals surface area contributed by atoms with Crippen LogP contribution in [0.15, 0.2) is 88.9 Å². The second-order valence-corrected chi connectivity index (χ2v) is 11.6. The zero-order valence-corrected chi connectivity index (χ0v) is 20.0. The van der Waals surface area contributed by atoms with Crippen molar-refractivity contribution in [2.75, 3.05) is 10.5 Å². The van der Waals surface area contributed by atoms with E-state index in [4.69, 9.17) is 0 Å². The molecule has 7 nitrogen and oxygen atoms in total. The summed E-state index contributed by atoms with van der Waals surface area (Å²) in [7, 11) is -7.26. The van der Waals surface area contributed by atoms with E-state index in [2.05, 4.69) is 9.82 Å². The van der Waals surface area contributed by atoms with Crippen molar-refractivity contribution in [3.05, 3.63) is 95.6 Å². The van der Waals surface area contributed by atoms with E-state index in [0.717, 1.165) is 16.7 Å². The van der Waals surface area contributed by atoms with Crippen molar-refractivity contribution in [2.45, 2.75) is 31.2 Å². The van der Waals surface area contributed by atoms with Crippen molar-refractivity contribution >= 4 is 31.4 Å². The number of hydrogen-bond acceptors (Lipinski definition) is 5. The van der Waals surface area contributed by atoms with E-state index in [1.165, 1.54) is 4.41 Å². The Morgan fingerprint density at radius 2 is 1.55 bits per heavy atom. The number of benzene rings is 3. The summed E-state index contributed by atoms with van der Waals surface area (Å²) in [6.45, 7) is 3.52. The lowest BCUT2D eigenvalue weighted by atomic mass is 9.96. The van der Waals surface area contributed by atoms with Gasteiger partial charge in [-0.15, -0.1) is 0 Å². The lowest BCUT2D eigenvalue weighted by Crippen LogP contribution is -2.27. The van der Waals surface area contributed by atoms with Crippen LogP contribution in [-0.2, 0) is 20.0 Å². The molecule has 1 unspecified atom stereocenters. The molecule has 0 aromatic heterocycles. The molecule has 33 heavy (non-hydrogen) atoms. The molecule has 3 aromatic carbocycles. The zero-order valence-electron chi connectivity index (χ0n) is 18.3. The summed E-state index contributed by atoms with van der Waals surface area (Å²) in [5.74, 6) is -0.0220. The minimum atomic E-state index is -3.88. The first-order valence-corrected chi connectivity index (χ1v) is 13.6. The fourth-order valence-corrected chi connectivity index (χ4v) is 5.85. The first-order valence-electron chi connectivity index (χ1n) is 10.5. The topological polar surface area (TPSA) is 95.9 Å². The van der Waals surface area contributed by atoms with Gasteiger partial charge in [0.1, 0.15) is 0 Å². The molecule has 1 aliphatic heterocycles. The third-order valence-electron chi connectivity index (χ3n) is 5.58. The molecular weight excluding hydrogens is 458 g/mol. The number of aryl methyl sites for hydroxylation is 1. The van der Waals surface area contributed by atoms with Crippen molar-refractivity contribution in [3.8, 4) is 0 Å². The Kier molecular flexibility index (Phi) is 6.27. The Hall–Kier alpha value is -3.17. The lowest BCUT2D eigenvalue weighted by molar-refractivity contribution is 0.370. The highest BCUT2D eigenvalue weighted by molar-refractivity contribution is 7.92. The van der Waals surface area contributed by atoms with Gasteiger partial charge in [0.15, 0.2) is 0 Å². The van der Waals surface area contributed by atoms with Gasteiger partial charge in [-0.05, 0) is 54.8 Å². The van der Waals surface area contributed by atoms with Gasteiger partial charge in [0.2, 0.25) is 10.0 Å². The molecule has 4 rings (SSSR count). The van der Waals surface area contributed by atoms with Gasteiger partial charge < -0.3 is 0 Å². The third kappa shape index (κ3) is 4.79. The van der Waals surface area contributed by atoms with E-state index in [-0.39, 0.29) is 10.6 Å². The predicted octanol–water partition coefficient (Wildman–Crippen LogP) is 4.30. The van der Waals surface area contributed by atoms with E-state index in [1.54, 1.807) is 61.5 Å². The van der Waals surface area contributed by atoms with E-state index in [0.29, 0.717) is 17.8 Å². The molecule has 1 atom stereocenters. The van der Waals surface area contributed by atoms with Crippen molar-refractivity contribution < 1.29 is 16.8 Å². The van der Waals surface area contributed by atoms with Gasteiger partial charge in [-0.3, -0.25) is 4.72 Å². The maximum atomic E-state index is 13.5. The minimum Gasteiger partial charge on any atom is -0.284 e. The summed E-state index contributed by atoms with van der Waals surface area (Å²) in [4.78, 5) is 0.179. The third-order valence-corrected chi connectivity index (χ3v) is 8.58. The Morgan fingerprint density at radius 3 is 2.18 bits per heavy atom. The summed E-state index contributed by atoms with van der Waals surface area (Å²) in [6, 6.07) is 22.3. The minimum absolute atomic E-state index is 0.0220. The summed E-state index contributed by atoms with van der Waals surface area (Å²) < 4.78 is 54.3. The van der Waals surface area contributed by atoms with Crippen molar-refractivity contribution in [1.82, 2.24) is 4.41 Å². The quantitative estimate of drug-likeness (QED) is 0.542. The van der Waals surface area contributed by atoms with Crippen LogP contribution >= 0.6 is 0 Å². The van der Waals surface area contributed by atoms with Gasteiger partial charge >= 0.3 is 0 Å². The number of anilines is 1. The fourth-order valence-electron chi connectivity index (χ4n) is 3.76. The first-order chi connectivity index (χ1) is 15.7. The molecule has 0 radical (unpaired) electrons. The molecule has 3 aromatic rings. The highest BCUT2D eigenvalue weighted by Gasteiger charge is 2.38. The van der Waals surface area contributed by atoms with Crippen LogP contribution < -0.4 is 4.72 Å². The average molecular weight is 484 g/mol. The molecule has 9 heteroatoms. The molecule has 0 aliphatic carbocycles. The number of rotatable bonds is 7. The monoisotopic (exact) mass is 483 g/mol. The summed E-state index contributed by atoms with van der Waals surface area (Å²) in [5, 5.41) is 4.55. The Balaban J connectivity index is 1.73. The molecule has 0 fully saturated rings. The summed E-state index contributed by atoms with van der Waals surface area (Å²) >= 11 is 0. The largest absolute Gasteiger partial charge is 0.284 e. The highest BCUT2D eigenvalue weighted by atomic mass is 32.2. The number of nitrogens with zero attached hydrogens (tertiary/aromatic N) is 2. The Bertz CT molecular complexity index is 1390. The van der Waals surface area contributed by atoms with Gasteiger partial charge in [0.05, 0.1) is 22.4 Å². The van der Waals surface area contributed by atoms with Gasteiger partial charge in [-0.1, -0.05) is 54.6 Å². The molecule has 1 heterocycles. The number of hydrazone groups is 1. The Morgan fingerprint density at radius 1 is 0.909 bits per heavy atom. The molecule has 0 spiro atoms. The fraction of sp³-hybridized carbons (Fsp3) is 0.208. The number of hydrogen-bond donors (Lipinski definition) is 1. The van der Waals surface area contributed by atoms with Crippen LogP contribution in [0.5, 0.6) is 0 Å². The van der Waals surface area contributed by atoms with Crippen molar-refractivity contribution in [1.29, 1.82) is 0 Å². The average Bonchev–Trinajstić information content (AvgIpc) is 3.26. The molecule has 1 N–H and O–H groups in total. The first kappa shape index (κ1) is 23.0. The predicted molar refractivity (Wildman–Crippen MR) is 130 cm³/mol. The zero-order chi connectivity index (χ0) is 23.6. The highest BCUT2D eigenvalue weighted by Crippen LogP contribution is 2.38. The van der Waals surface area contributed by atoms with Crippen LogP contribution in [0.3, 0.4) is 0 Å². The second kappa shape index (κ2) is 8.99. The van der Waals surface area contributed by atoms with Gasteiger partial charge in [-0.2, -0.15) is 17.9 Å². The molecule has 0 saturated carbocycles. The SMILES string of the molecule is CCS(=O)(=O)Nc1ccc(C2=NN(S(=O)(=O)c3ccccc3)C(c3ccccc3C)C2)cc1. The van der Waals surface area contributed by atoms with Crippen LogP contribution in [-0.4, -0.2) is 32.7 Å². The molecule has 0 saturated heterocycles. The molecule has 172 valence electrons. The summed E-state index contributed by atoms with van der Waals surface area (Å²) in [5.41, 5.74) is 3.68. The van der Waals surface area contributed by atoms with E-state index >= 15 is 0 Å². The Labute approximate surface area is 194 Å². The van der Waals surface area contributed by atoms with E-state index in [1.807, 2.05) is 31.2 Å². The van der Waals surface area contributed by atoms with E-state index < -0.39 is 26.1 Å². The lowest BCUT2D eigenvalue weighted by Gasteiger charge is -2.24. The van der Waals surface area contributed by atoms with Crippen LogP contribution in [0.2, 0.25) is 0 Å². The van der Waals surface area contributed by atoms with Crippen LogP contribution in [0.25, 0.3) is 0 Å². The molecular formula is C24H25N3O4S2. The van der Waals surface area contributed by atoms with Crippen molar-refractivity contribution in [3.63, 3.8) is 0 Å². The van der Waals surface area contributed by atoms with Gasteiger partial charge in [0, 0.05) is 12.1 Å². The standard InChI is InChI=1S/C24H25N3O4S2/c1-3-32(28,29)26-20-15-13-19(14-16-20)23-17-24(22-12-8-7-9-18(22)2)27(25-23)33(30,31)21-10-5-4-6-11-21/h4-16,24,26H,3,17H2,1-2H3. The van der Waals surface area contributed by atoms with Crippen molar-refractivity contribution in [2.24, 2.45) is 5.10 Å². The number of sulfonamides is 2. The number of nitrogens with one attached hydrogen (secondary N) is 1. The molecule has 1 aliphatic rings. The van der Waals surface area contributed by atoms with Gasteiger partial charge in [-0.25, -0.2) is 8.42 Å².